The quantitative estimate of drug-likeness (QED) is 0.443. The molecular weight excluding hydrogens is 246 g/mol. The van der Waals surface area contributed by atoms with Crippen molar-refractivity contribution in [3.63, 3.8) is 0 Å². The zero-order chi connectivity index (χ0) is 14.0. The van der Waals surface area contributed by atoms with E-state index in [-0.39, 0.29) is 22.4 Å². The maximum absolute atomic E-state index is 12.3. The normalized spacial score (nSPS) is 10.1. The van der Waals surface area contributed by atoms with Gasteiger partial charge in [0.25, 0.3) is 0 Å². The van der Waals surface area contributed by atoms with E-state index in [1.54, 1.807) is 18.2 Å². The van der Waals surface area contributed by atoms with Gasteiger partial charge in [-0.15, -0.1) is 0 Å². The molecule has 5 heteroatoms. The third-order valence-electron chi connectivity index (χ3n) is 2.70. The van der Waals surface area contributed by atoms with Crippen LogP contribution in [0.3, 0.4) is 0 Å². The van der Waals surface area contributed by atoms with E-state index in [1.807, 2.05) is 0 Å². The van der Waals surface area contributed by atoms with Crippen LogP contribution >= 0.6 is 0 Å². The molecule has 0 spiro atoms. The first-order chi connectivity index (χ1) is 9.02. The molecule has 0 radical (unpaired) electrons. The second kappa shape index (κ2) is 4.81. The maximum Gasteiger partial charge on any atom is 0.336 e. The van der Waals surface area contributed by atoms with E-state index >= 15 is 0 Å². The van der Waals surface area contributed by atoms with Crippen molar-refractivity contribution in [1.29, 1.82) is 0 Å². The molecule has 0 aromatic heterocycles. The summed E-state index contributed by atoms with van der Waals surface area (Å²) < 4.78 is 0. The third-order valence-corrected chi connectivity index (χ3v) is 2.70. The number of carboxylic acid groups (broad SMARTS) is 1. The molecule has 19 heavy (non-hydrogen) atoms. The van der Waals surface area contributed by atoms with Crippen LogP contribution in [0.15, 0.2) is 42.5 Å². The van der Waals surface area contributed by atoms with Crippen molar-refractivity contribution in [1.82, 2.24) is 0 Å². The van der Waals surface area contributed by atoms with Crippen molar-refractivity contribution < 1.29 is 19.8 Å². The molecule has 0 atom stereocenters. The Bertz CT molecular complexity index is 650. The van der Waals surface area contributed by atoms with E-state index in [1.165, 1.54) is 24.3 Å². The number of benzene rings is 2. The number of anilines is 1. The monoisotopic (exact) mass is 257 g/mol. The molecule has 0 aliphatic rings. The van der Waals surface area contributed by atoms with Crippen LogP contribution in [0.25, 0.3) is 0 Å². The zero-order valence-corrected chi connectivity index (χ0v) is 9.83. The minimum absolute atomic E-state index is 0.0377. The lowest BCUT2D eigenvalue weighted by molar-refractivity contribution is 0.0692. The Balaban J connectivity index is 2.64. The standard InChI is InChI=1S/C14H11NO4/c15-10-7-6-9(14(18)19)11(13(10)17)12(16)8-4-2-1-3-5-8/h1-7,17H,15H2,(H,18,19). The maximum atomic E-state index is 12.3. The summed E-state index contributed by atoms with van der Waals surface area (Å²) in [6.07, 6.45) is 0. The van der Waals surface area contributed by atoms with Gasteiger partial charge in [0.05, 0.1) is 16.8 Å². The van der Waals surface area contributed by atoms with Crippen LogP contribution in [-0.4, -0.2) is 22.0 Å². The first kappa shape index (κ1) is 12.6. The Morgan fingerprint density at radius 3 is 2.21 bits per heavy atom. The molecule has 2 rings (SSSR count). The van der Waals surface area contributed by atoms with E-state index in [0.717, 1.165) is 0 Å². The number of nitrogen functional groups attached to an aromatic ring is 1. The van der Waals surface area contributed by atoms with Gasteiger partial charge in [-0.1, -0.05) is 30.3 Å². The van der Waals surface area contributed by atoms with Gasteiger partial charge in [-0.2, -0.15) is 0 Å². The number of rotatable bonds is 3. The van der Waals surface area contributed by atoms with Crippen LogP contribution in [0.5, 0.6) is 5.75 Å². The predicted molar refractivity (Wildman–Crippen MR) is 69.4 cm³/mol. The summed E-state index contributed by atoms with van der Waals surface area (Å²) in [5.74, 6) is -2.38. The molecule has 0 saturated carbocycles. The summed E-state index contributed by atoms with van der Waals surface area (Å²) in [6.45, 7) is 0. The molecule has 0 bridgehead atoms. The number of carbonyl (C=O) groups excluding carboxylic acids is 1. The van der Waals surface area contributed by atoms with Crippen LogP contribution in [0.4, 0.5) is 5.69 Å². The highest BCUT2D eigenvalue weighted by atomic mass is 16.4. The minimum Gasteiger partial charge on any atom is -0.505 e. The zero-order valence-electron chi connectivity index (χ0n) is 9.83. The number of ketones is 1. The Morgan fingerprint density at radius 2 is 1.63 bits per heavy atom. The summed E-state index contributed by atoms with van der Waals surface area (Å²) in [7, 11) is 0. The van der Waals surface area contributed by atoms with Gasteiger partial charge < -0.3 is 15.9 Å². The number of nitrogens with two attached hydrogens (primary N) is 1. The molecular formula is C14H11NO4. The Kier molecular flexibility index (Phi) is 3.20. The fourth-order valence-corrected chi connectivity index (χ4v) is 1.75. The van der Waals surface area contributed by atoms with Gasteiger partial charge in [0.15, 0.2) is 11.5 Å². The number of carboxylic acids is 1. The van der Waals surface area contributed by atoms with Crippen molar-refractivity contribution in [2.24, 2.45) is 0 Å². The van der Waals surface area contributed by atoms with Crippen LogP contribution in [0, 0.1) is 0 Å². The smallest absolute Gasteiger partial charge is 0.336 e. The molecule has 0 aliphatic carbocycles. The van der Waals surface area contributed by atoms with E-state index < -0.39 is 17.5 Å². The van der Waals surface area contributed by atoms with E-state index in [0.29, 0.717) is 0 Å². The highest BCUT2D eigenvalue weighted by molar-refractivity contribution is 6.16. The average Bonchev–Trinajstić information content (AvgIpc) is 2.41. The van der Waals surface area contributed by atoms with Gasteiger partial charge in [-0.05, 0) is 12.1 Å². The van der Waals surface area contributed by atoms with E-state index in [4.69, 9.17) is 10.8 Å². The van der Waals surface area contributed by atoms with Crippen molar-refractivity contribution in [3.05, 3.63) is 59.2 Å². The van der Waals surface area contributed by atoms with Crippen LogP contribution in [0.1, 0.15) is 26.3 Å². The fourth-order valence-electron chi connectivity index (χ4n) is 1.75. The number of aromatic carboxylic acids is 1. The molecule has 5 nitrogen and oxygen atoms in total. The number of hydrogen-bond donors (Lipinski definition) is 3. The second-order valence-corrected chi connectivity index (χ2v) is 3.93. The molecule has 0 heterocycles. The second-order valence-electron chi connectivity index (χ2n) is 3.93. The van der Waals surface area contributed by atoms with Crippen molar-refractivity contribution >= 4 is 17.4 Å². The van der Waals surface area contributed by atoms with Gasteiger partial charge in [0, 0.05) is 5.56 Å². The van der Waals surface area contributed by atoms with Gasteiger partial charge >= 0.3 is 5.97 Å². The Hall–Kier alpha value is -2.82. The third kappa shape index (κ3) is 2.26. The number of aromatic hydroxyl groups is 1. The summed E-state index contributed by atoms with van der Waals surface area (Å²) >= 11 is 0. The molecule has 0 amide bonds. The lowest BCUT2D eigenvalue weighted by atomic mass is 9.96. The molecule has 0 unspecified atom stereocenters. The van der Waals surface area contributed by atoms with Crippen molar-refractivity contribution in [2.45, 2.75) is 0 Å². The molecule has 0 aliphatic heterocycles. The summed E-state index contributed by atoms with van der Waals surface area (Å²) in [5.41, 5.74) is 5.19. The first-order valence-corrected chi connectivity index (χ1v) is 5.47. The topological polar surface area (TPSA) is 101 Å². The summed E-state index contributed by atoms with van der Waals surface area (Å²) in [6, 6.07) is 10.6. The van der Waals surface area contributed by atoms with Gasteiger partial charge in [-0.3, -0.25) is 4.79 Å². The van der Waals surface area contributed by atoms with E-state index in [2.05, 4.69) is 0 Å². The Labute approximate surface area is 108 Å². The van der Waals surface area contributed by atoms with Gasteiger partial charge in [0.2, 0.25) is 0 Å². The van der Waals surface area contributed by atoms with Crippen LogP contribution in [0.2, 0.25) is 0 Å². The molecule has 96 valence electrons. The number of hydrogen-bond acceptors (Lipinski definition) is 4. The fraction of sp³-hybridized carbons (Fsp3) is 0. The molecule has 0 fully saturated rings. The molecule has 0 saturated heterocycles. The summed E-state index contributed by atoms with van der Waals surface area (Å²) in [4.78, 5) is 23.4. The summed E-state index contributed by atoms with van der Waals surface area (Å²) in [5, 5.41) is 18.9. The average molecular weight is 257 g/mol. The number of carbonyl (C=O) groups is 2. The van der Waals surface area contributed by atoms with Crippen LogP contribution < -0.4 is 5.73 Å². The predicted octanol–water partition coefficient (Wildman–Crippen LogP) is 1.90. The minimum atomic E-state index is -1.30. The Morgan fingerprint density at radius 1 is 1.00 bits per heavy atom. The van der Waals surface area contributed by atoms with Crippen molar-refractivity contribution in [3.8, 4) is 5.75 Å². The van der Waals surface area contributed by atoms with Crippen LogP contribution in [-0.2, 0) is 0 Å². The highest BCUT2D eigenvalue weighted by Gasteiger charge is 2.23. The lowest BCUT2D eigenvalue weighted by Crippen LogP contribution is -2.11. The number of phenols is 1. The molecule has 2 aromatic rings. The molecule has 4 N–H and O–H groups in total. The van der Waals surface area contributed by atoms with E-state index in [9.17, 15) is 14.7 Å². The SMILES string of the molecule is Nc1ccc(C(=O)O)c(C(=O)c2ccccc2)c1O. The largest absolute Gasteiger partial charge is 0.505 e. The highest BCUT2D eigenvalue weighted by Crippen LogP contribution is 2.30. The first-order valence-electron chi connectivity index (χ1n) is 5.47. The van der Waals surface area contributed by atoms with Crippen molar-refractivity contribution in [2.75, 3.05) is 5.73 Å². The number of phenolic OH excluding ortho intramolecular Hbond substituents is 1. The van der Waals surface area contributed by atoms with Gasteiger partial charge in [-0.25, -0.2) is 4.79 Å². The van der Waals surface area contributed by atoms with Gasteiger partial charge in [0.1, 0.15) is 0 Å². The molecule has 2 aromatic carbocycles. The lowest BCUT2D eigenvalue weighted by Gasteiger charge is -2.09.